The number of ketones is 2. The van der Waals surface area contributed by atoms with Crippen molar-refractivity contribution in [3.8, 4) is 17.2 Å². The minimum absolute atomic E-state index is 0.0284. The molecule has 3 aliphatic rings. The number of aliphatic hydroxyl groups excluding tert-OH is 3. The number of nitrogens with zero attached hydrogens (tertiary/aromatic N) is 2. The number of phenolic OH excluding ortho intramolecular Hbond substituents is 2. The molecule has 2 aliphatic carbocycles. The Hall–Kier alpha value is -3.67. The molecule has 5 rings (SSSR count). The number of hydrogen-bond acceptors (Lipinski definition) is 14. The molecule has 1 fully saturated rings. The lowest BCUT2D eigenvalue weighted by Gasteiger charge is -2.42. The molecule has 0 bridgehead atoms. The fourth-order valence-corrected chi connectivity index (χ4v) is 6.67. The quantitative estimate of drug-likeness (QED) is 0.0463. The number of carbonyl (C=O) groups excluding carboxylic acids is 2. The smallest absolute Gasteiger partial charge is 0.202 e. The van der Waals surface area contributed by atoms with Gasteiger partial charge in [-0.05, 0) is 13.0 Å². The van der Waals surface area contributed by atoms with Crippen LogP contribution >= 0.6 is 0 Å². The van der Waals surface area contributed by atoms with Crippen LogP contribution in [0.5, 0.6) is 17.2 Å². The maximum absolute atomic E-state index is 13.9. The number of methoxy groups -OCH3 is 1. The maximum Gasteiger partial charge on any atom is 0.202 e. The highest BCUT2D eigenvalue weighted by molar-refractivity contribution is 6.31. The van der Waals surface area contributed by atoms with E-state index in [0.29, 0.717) is 17.6 Å². The van der Waals surface area contributed by atoms with Crippen LogP contribution in [0.2, 0.25) is 0 Å². The van der Waals surface area contributed by atoms with Gasteiger partial charge < -0.3 is 59.9 Å². The van der Waals surface area contributed by atoms with E-state index >= 15 is 0 Å². The van der Waals surface area contributed by atoms with Crippen LogP contribution in [0, 0.1) is 0 Å². The van der Waals surface area contributed by atoms with Gasteiger partial charge in [0.25, 0.3) is 0 Å². The molecule has 0 aromatic heterocycles. The van der Waals surface area contributed by atoms with Crippen molar-refractivity contribution in [1.29, 1.82) is 0 Å². The third kappa shape index (κ3) is 6.40. The topological polar surface area (TPSA) is 231 Å². The van der Waals surface area contributed by atoms with Crippen LogP contribution in [0.25, 0.3) is 0 Å². The first-order valence-electron chi connectivity index (χ1n) is 15.7. The van der Waals surface area contributed by atoms with Gasteiger partial charge >= 0.3 is 0 Å². The molecule has 0 saturated carbocycles. The van der Waals surface area contributed by atoms with Gasteiger partial charge in [-0.2, -0.15) is 0 Å². The molecule has 48 heavy (non-hydrogen) atoms. The highest BCUT2D eigenvalue weighted by Crippen LogP contribution is 2.52. The number of nitrogens with two attached hydrogens (primary N) is 1. The number of aromatic hydroxyl groups is 2. The molecule has 6 atom stereocenters. The standard InChI is InChI=1S/C33H43N3O12/c1-16-28(39)19(34)12-23(47-16)48-21-14-33(44,22(15-38)35-46-11-9-36(2,3)8-10-37)13-18-25(21)32(43)27-26(30(18)41)29(40)17-6-5-7-20(45-4)24(17)31(27)42/h5-7,16,19,21,23,28,37-39,44H,8-15,34H2,1-4H3,(H-,40,41,42,43)/p+1/t16-,19-,21-,23?,28+,33+/m0/s1. The lowest BCUT2D eigenvalue weighted by Crippen LogP contribution is -2.53. The molecule has 1 unspecified atom stereocenters. The number of aliphatic hydroxyl groups is 4. The van der Waals surface area contributed by atoms with E-state index in [4.69, 9.17) is 24.8 Å². The summed E-state index contributed by atoms with van der Waals surface area (Å²) in [7, 11) is 5.11. The second-order valence-corrected chi connectivity index (χ2v) is 13.2. The normalized spacial score (nSPS) is 27.3. The van der Waals surface area contributed by atoms with E-state index in [1.165, 1.54) is 25.3 Å². The number of benzene rings is 2. The first kappa shape index (κ1) is 35.6. The second-order valence-electron chi connectivity index (χ2n) is 13.2. The van der Waals surface area contributed by atoms with Gasteiger partial charge in [0.05, 0.1) is 69.4 Å². The number of oxime groups is 1. The van der Waals surface area contributed by atoms with Crippen molar-refractivity contribution in [1.82, 2.24) is 0 Å². The van der Waals surface area contributed by atoms with Crippen LogP contribution in [-0.2, 0) is 20.7 Å². The van der Waals surface area contributed by atoms with Crippen molar-refractivity contribution >= 4 is 17.3 Å². The van der Waals surface area contributed by atoms with Gasteiger partial charge in [0.2, 0.25) is 5.78 Å². The highest BCUT2D eigenvalue weighted by Gasteiger charge is 2.49. The van der Waals surface area contributed by atoms with Gasteiger partial charge in [0, 0.05) is 42.0 Å². The molecule has 8 N–H and O–H groups in total. The zero-order valence-corrected chi connectivity index (χ0v) is 27.4. The van der Waals surface area contributed by atoms with Gasteiger partial charge in [-0.25, -0.2) is 0 Å². The Labute approximate surface area is 277 Å². The molecular weight excluding hydrogens is 630 g/mol. The number of fused-ring (bicyclic) bond motifs is 3. The summed E-state index contributed by atoms with van der Waals surface area (Å²) in [6, 6.07) is 3.70. The van der Waals surface area contributed by atoms with Crippen LogP contribution in [-0.4, -0.2) is 137 Å². The molecule has 15 nitrogen and oxygen atoms in total. The second kappa shape index (κ2) is 13.7. The summed E-state index contributed by atoms with van der Waals surface area (Å²) in [4.78, 5) is 33.2. The molecule has 0 spiro atoms. The number of rotatable bonds is 11. The monoisotopic (exact) mass is 674 g/mol. The van der Waals surface area contributed by atoms with Crippen LogP contribution in [0.1, 0.15) is 68.8 Å². The van der Waals surface area contributed by atoms with Crippen molar-refractivity contribution in [3.63, 3.8) is 0 Å². The number of carbonyl (C=O) groups is 2. The van der Waals surface area contributed by atoms with Gasteiger partial charge in [-0.1, -0.05) is 17.3 Å². The molecule has 2 aromatic carbocycles. The van der Waals surface area contributed by atoms with Gasteiger partial charge in [-0.15, -0.1) is 0 Å². The predicted molar refractivity (Wildman–Crippen MR) is 169 cm³/mol. The Balaban J connectivity index is 1.60. The molecule has 1 aliphatic heterocycles. The van der Waals surface area contributed by atoms with Crippen LogP contribution < -0.4 is 10.5 Å². The van der Waals surface area contributed by atoms with Crippen molar-refractivity contribution in [2.45, 2.75) is 62.4 Å². The first-order chi connectivity index (χ1) is 22.7. The molecule has 1 saturated heterocycles. The summed E-state index contributed by atoms with van der Waals surface area (Å²) >= 11 is 0. The number of quaternary nitrogens is 1. The van der Waals surface area contributed by atoms with Crippen molar-refractivity contribution in [2.24, 2.45) is 10.9 Å². The van der Waals surface area contributed by atoms with E-state index in [2.05, 4.69) is 5.16 Å². The Morgan fingerprint density at radius 2 is 1.81 bits per heavy atom. The fraction of sp³-hybridized carbons (Fsp3) is 0.545. The number of ether oxygens (including phenoxy) is 3. The molecule has 262 valence electrons. The molecule has 15 heteroatoms. The van der Waals surface area contributed by atoms with E-state index in [-0.39, 0.29) is 59.8 Å². The SMILES string of the molecule is COc1cccc2c1C(=O)c1c(O)c3c(c(O)c1C2=O)C[C@](O)(C(CO)=NOCC[N+](C)(C)CCO)C[C@@H]3OC1C[C@H](N)[C@H](O)[C@H](C)O1. The van der Waals surface area contributed by atoms with Crippen LogP contribution in [0.15, 0.2) is 23.4 Å². The molecule has 0 radical (unpaired) electrons. The summed E-state index contributed by atoms with van der Waals surface area (Å²) in [5.41, 5.74) is 2.70. The summed E-state index contributed by atoms with van der Waals surface area (Å²) in [6.45, 7) is 1.81. The number of phenols is 2. The minimum atomic E-state index is -2.04. The third-order valence-corrected chi connectivity index (χ3v) is 9.50. The summed E-state index contributed by atoms with van der Waals surface area (Å²) < 4.78 is 17.9. The summed E-state index contributed by atoms with van der Waals surface area (Å²) in [5, 5.41) is 69.6. The van der Waals surface area contributed by atoms with E-state index in [1.54, 1.807) is 6.92 Å². The maximum atomic E-state index is 13.9. The van der Waals surface area contributed by atoms with Crippen molar-refractivity contribution < 1.29 is 63.8 Å². The van der Waals surface area contributed by atoms with Gasteiger partial charge in [0.15, 0.2) is 18.7 Å². The zero-order chi connectivity index (χ0) is 35.1. The van der Waals surface area contributed by atoms with E-state index in [1.807, 2.05) is 14.1 Å². The Morgan fingerprint density at radius 3 is 2.46 bits per heavy atom. The molecule has 2 aromatic rings. The Bertz CT molecular complexity index is 1600. The van der Waals surface area contributed by atoms with Gasteiger partial charge in [-0.3, -0.25) is 9.59 Å². The molecular formula is C33H44N3O12+. The Kier molecular flexibility index (Phi) is 10.2. The van der Waals surface area contributed by atoms with E-state index in [0.717, 1.165) is 0 Å². The Morgan fingerprint density at radius 1 is 1.10 bits per heavy atom. The van der Waals surface area contributed by atoms with Gasteiger partial charge in [0.1, 0.15) is 41.7 Å². The predicted octanol–water partition coefficient (Wildman–Crippen LogP) is -0.126. The van der Waals surface area contributed by atoms with Crippen molar-refractivity contribution in [2.75, 3.05) is 54.1 Å². The third-order valence-electron chi connectivity index (χ3n) is 9.50. The summed E-state index contributed by atoms with van der Waals surface area (Å²) in [6.07, 6.45) is -4.83. The first-order valence-corrected chi connectivity index (χ1v) is 15.7. The number of hydrogen-bond donors (Lipinski definition) is 7. The van der Waals surface area contributed by atoms with E-state index < -0.39 is 83.5 Å². The lowest BCUT2D eigenvalue weighted by atomic mass is 9.71. The average Bonchev–Trinajstić information content (AvgIpc) is 3.03. The van der Waals surface area contributed by atoms with Crippen molar-refractivity contribution in [3.05, 3.63) is 51.6 Å². The zero-order valence-electron chi connectivity index (χ0n) is 27.4. The summed E-state index contributed by atoms with van der Waals surface area (Å²) in [5.74, 6) is -2.67. The fourth-order valence-electron chi connectivity index (χ4n) is 6.67. The van der Waals surface area contributed by atoms with E-state index in [9.17, 15) is 40.2 Å². The minimum Gasteiger partial charge on any atom is -0.507 e. The largest absolute Gasteiger partial charge is 0.507 e. The number of likely N-dealkylation sites (N-methyl/N-ethyl adjacent to an activating group) is 1. The average molecular weight is 675 g/mol. The molecule has 0 amide bonds. The van der Waals surface area contributed by atoms with Crippen LogP contribution in [0.3, 0.4) is 0 Å². The lowest BCUT2D eigenvalue weighted by molar-refractivity contribution is -0.891. The highest BCUT2D eigenvalue weighted by atomic mass is 16.7. The van der Waals surface area contributed by atoms with Crippen LogP contribution in [0.4, 0.5) is 0 Å². The molecule has 1 heterocycles.